The predicted octanol–water partition coefficient (Wildman–Crippen LogP) is 17.8. The van der Waals surface area contributed by atoms with Gasteiger partial charge in [0, 0.05) is 32.7 Å². The SMILES string of the molecule is N#Cc1ccccc1-c1ccc2c(c1)c1cc(-c3ccccc3C#N)ccc1n2-c1cc(C(F)(F)F)cc(-n2c3ccc(-c4ccccc4C#N)cc3c3cc(-c4ccccc4C#N)ccc32)c1-c1cccc(-c2ccccc2)n1. The van der Waals surface area contributed by atoms with Crippen LogP contribution in [0.15, 0.2) is 231 Å². The van der Waals surface area contributed by atoms with Crippen molar-refractivity contribution in [3.05, 3.63) is 258 Å². The summed E-state index contributed by atoms with van der Waals surface area (Å²) in [5, 5.41) is 43.8. The van der Waals surface area contributed by atoms with Gasteiger partial charge in [-0.3, -0.25) is 0 Å². The molecule has 3 aromatic heterocycles. The van der Waals surface area contributed by atoms with Crippen LogP contribution in [0.3, 0.4) is 0 Å². The summed E-state index contributed by atoms with van der Waals surface area (Å²) in [7, 11) is 0. The fourth-order valence-electron chi connectivity index (χ4n) is 11.3. The van der Waals surface area contributed by atoms with Crippen LogP contribution in [0.2, 0.25) is 0 Å². The number of hydrogen-bond acceptors (Lipinski definition) is 5. The van der Waals surface area contributed by atoms with E-state index in [0.717, 1.165) is 27.8 Å². The smallest absolute Gasteiger partial charge is 0.308 e. The zero-order valence-electron chi connectivity index (χ0n) is 42.2. The number of aromatic nitrogens is 3. The molecule has 10 heteroatoms. The fraction of sp³-hybridized carbons (Fsp3) is 0.0143. The standard InChI is InChI=1S/C70H38F3N7/c71-70(72,73)52-37-67(79-63-29-25-44(53-19-8-4-15-48(53)39-74)33-57(63)58-34-45(26-30-64(58)79)54-20-9-5-16-49(54)40-75)69(62-24-12-23-61(78-62)43-13-2-1-3-14-43)68(38-52)80-65-31-27-46(55-21-10-6-17-50(55)41-76)35-59(65)60-36-47(28-32-66(60)80)56-22-11-7-18-51(56)42-77/h1-38H. The molecular weight excluding hydrogens is 996 g/mol. The minimum Gasteiger partial charge on any atom is -0.308 e. The van der Waals surface area contributed by atoms with Crippen molar-refractivity contribution in [3.8, 4) is 103 Å². The Morgan fingerprint density at radius 1 is 0.325 bits per heavy atom. The normalized spacial score (nSPS) is 11.4. The number of pyridine rings is 1. The zero-order chi connectivity index (χ0) is 54.6. The van der Waals surface area contributed by atoms with Gasteiger partial charge in [0.05, 0.1) is 96.9 Å². The number of hydrogen-bond donors (Lipinski definition) is 0. The molecule has 7 nitrogen and oxygen atoms in total. The van der Waals surface area contributed by atoms with E-state index in [0.29, 0.717) is 105 Å². The number of rotatable bonds is 8. The molecule has 13 aromatic rings. The Balaban J connectivity index is 1.19. The number of fused-ring (bicyclic) bond motifs is 6. The van der Waals surface area contributed by atoms with E-state index in [9.17, 15) is 21.0 Å². The van der Waals surface area contributed by atoms with E-state index in [-0.39, 0.29) is 11.4 Å². The molecule has 0 unspecified atom stereocenters. The summed E-state index contributed by atoms with van der Waals surface area (Å²) >= 11 is 0. The Morgan fingerprint density at radius 3 is 0.988 bits per heavy atom. The molecule has 0 aliphatic heterocycles. The third-order valence-electron chi connectivity index (χ3n) is 14.9. The van der Waals surface area contributed by atoms with E-state index in [2.05, 4.69) is 24.3 Å². The van der Waals surface area contributed by atoms with E-state index < -0.39 is 11.7 Å². The van der Waals surface area contributed by atoms with Gasteiger partial charge in [-0.15, -0.1) is 0 Å². The highest BCUT2D eigenvalue weighted by Crippen LogP contribution is 2.47. The van der Waals surface area contributed by atoms with E-state index in [4.69, 9.17) is 4.98 Å². The molecule has 10 aromatic carbocycles. The first-order valence-corrected chi connectivity index (χ1v) is 25.6. The number of alkyl halides is 3. The molecule has 0 atom stereocenters. The van der Waals surface area contributed by atoms with Gasteiger partial charge in [-0.1, -0.05) is 133 Å². The number of halogens is 3. The number of nitriles is 4. The van der Waals surface area contributed by atoms with Crippen molar-refractivity contribution in [2.75, 3.05) is 0 Å². The Kier molecular flexibility index (Phi) is 11.7. The molecule has 0 radical (unpaired) electrons. The van der Waals surface area contributed by atoms with E-state index in [1.54, 1.807) is 48.5 Å². The molecule has 0 bridgehead atoms. The van der Waals surface area contributed by atoms with Gasteiger partial charge in [0.2, 0.25) is 0 Å². The van der Waals surface area contributed by atoms with Gasteiger partial charge < -0.3 is 9.13 Å². The Bertz CT molecular complexity index is 4400. The van der Waals surface area contributed by atoms with Crippen LogP contribution in [0.25, 0.3) is 122 Å². The summed E-state index contributed by atoms with van der Waals surface area (Å²) in [6.07, 6.45) is -4.86. The minimum absolute atomic E-state index is 0.192. The quantitative estimate of drug-likeness (QED) is 0.150. The molecule has 3 heterocycles. The van der Waals surface area contributed by atoms with Crippen LogP contribution < -0.4 is 0 Å². The lowest BCUT2D eigenvalue weighted by Gasteiger charge is -2.22. The molecule has 0 aliphatic carbocycles. The van der Waals surface area contributed by atoms with Crippen molar-refractivity contribution >= 4 is 43.6 Å². The third kappa shape index (κ3) is 8.09. The van der Waals surface area contributed by atoms with Gasteiger partial charge in [-0.2, -0.15) is 34.2 Å². The summed E-state index contributed by atoms with van der Waals surface area (Å²) < 4.78 is 52.4. The van der Waals surface area contributed by atoms with Crippen LogP contribution in [-0.2, 0) is 6.18 Å². The van der Waals surface area contributed by atoms with Crippen molar-refractivity contribution in [2.45, 2.75) is 6.18 Å². The highest BCUT2D eigenvalue weighted by Gasteiger charge is 2.35. The molecular formula is C70H38F3N7. The molecule has 80 heavy (non-hydrogen) atoms. The summed E-state index contributed by atoms with van der Waals surface area (Å²) in [5.74, 6) is 0. The molecule has 0 N–H and O–H groups in total. The average Bonchev–Trinajstić information content (AvgIpc) is 3.60. The van der Waals surface area contributed by atoms with Crippen molar-refractivity contribution in [1.29, 1.82) is 21.0 Å². The van der Waals surface area contributed by atoms with Crippen molar-refractivity contribution in [3.63, 3.8) is 0 Å². The lowest BCUT2D eigenvalue weighted by atomic mass is 9.96. The monoisotopic (exact) mass is 1030 g/mol. The van der Waals surface area contributed by atoms with Crippen LogP contribution >= 0.6 is 0 Å². The van der Waals surface area contributed by atoms with Gasteiger partial charge in [0.25, 0.3) is 0 Å². The van der Waals surface area contributed by atoms with Crippen LogP contribution in [-0.4, -0.2) is 14.1 Å². The van der Waals surface area contributed by atoms with Crippen LogP contribution in [0, 0.1) is 45.3 Å². The van der Waals surface area contributed by atoms with Gasteiger partial charge >= 0.3 is 6.18 Å². The fourth-order valence-corrected chi connectivity index (χ4v) is 11.3. The maximum atomic E-state index is 16.2. The van der Waals surface area contributed by atoms with Crippen LogP contribution in [0.5, 0.6) is 0 Å². The second kappa shape index (κ2) is 19.4. The van der Waals surface area contributed by atoms with Crippen LogP contribution in [0.4, 0.5) is 13.2 Å². The molecule has 0 fully saturated rings. The maximum Gasteiger partial charge on any atom is 0.416 e. The largest absolute Gasteiger partial charge is 0.416 e. The van der Waals surface area contributed by atoms with E-state index in [1.807, 2.05) is 179 Å². The lowest BCUT2D eigenvalue weighted by molar-refractivity contribution is -0.137. The molecule has 0 saturated heterocycles. The van der Waals surface area contributed by atoms with E-state index >= 15 is 13.2 Å². The maximum absolute atomic E-state index is 16.2. The number of benzene rings is 10. The minimum atomic E-state index is -4.86. The number of nitrogens with zero attached hydrogens (tertiary/aromatic N) is 7. The molecule has 0 spiro atoms. The second-order valence-corrected chi connectivity index (χ2v) is 19.4. The topological polar surface area (TPSA) is 118 Å². The summed E-state index contributed by atoms with van der Waals surface area (Å²) in [6, 6.07) is 79.0. The highest BCUT2D eigenvalue weighted by atomic mass is 19.4. The molecule has 374 valence electrons. The third-order valence-corrected chi connectivity index (χ3v) is 14.9. The Morgan fingerprint density at radius 2 is 0.650 bits per heavy atom. The Labute approximate surface area is 457 Å². The van der Waals surface area contributed by atoms with Crippen molar-refractivity contribution < 1.29 is 13.2 Å². The van der Waals surface area contributed by atoms with Crippen molar-refractivity contribution in [1.82, 2.24) is 14.1 Å². The first kappa shape index (κ1) is 48.3. The Hall–Kier alpha value is -11.3. The summed E-state index contributed by atoms with van der Waals surface area (Å²) in [4.78, 5) is 5.33. The summed E-state index contributed by atoms with van der Waals surface area (Å²) in [5.41, 5.74) is 11.6. The molecule has 13 rings (SSSR count). The van der Waals surface area contributed by atoms with E-state index in [1.165, 1.54) is 12.1 Å². The highest BCUT2D eigenvalue weighted by molar-refractivity contribution is 6.14. The zero-order valence-corrected chi connectivity index (χ0v) is 42.2. The van der Waals surface area contributed by atoms with Gasteiger partial charge in [-0.05, 0) is 142 Å². The van der Waals surface area contributed by atoms with Gasteiger partial charge in [0.1, 0.15) is 0 Å². The van der Waals surface area contributed by atoms with Gasteiger partial charge in [0.15, 0.2) is 0 Å². The summed E-state index contributed by atoms with van der Waals surface area (Å²) in [6.45, 7) is 0. The molecule has 0 saturated carbocycles. The van der Waals surface area contributed by atoms with Gasteiger partial charge in [-0.25, -0.2) is 4.98 Å². The first-order chi connectivity index (χ1) is 39.1. The predicted molar refractivity (Wildman–Crippen MR) is 309 cm³/mol. The lowest BCUT2D eigenvalue weighted by Crippen LogP contribution is -2.11. The molecule has 0 amide bonds. The average molecular weight is 1030 g/mol. The second-order valence-electron chi connectivity index (χ2n) is 19.4. The first-order valence-electron chi connectivity index (χ1n) is 25.6. The van der Waals surface area contributed by atoms with Crippen molar-refractivity contribution in [2.24, 2.45) is 0 Å². The molecule has 0 aliphatic rings. The van der Waals surface area contributed by atoms with Crippen LogP contribution in [0.1, 0.15) is 27.8 Å².